The van der Waals surface area contributed by atoms with E-state index in [1.54, 1.807) is 0 Å². The molecule has 0 aliphatic rings. The molecule has 3 aromatic rings. The van der Waals surface area contributed by atoms with Crippen LogP contribution in [0, 0.1) is 11.6 Å². The van der Waals surface area contributed by atoms with Crippen molar-refractivity contribution < 1.29 is 41.0 Å². The second-order valence-electron chi connectivity index (χ2n) is 6.41. The maximum atomic E-state index is 14.6. The van der Waals surface area contributed by atoms with Gasteiger partial charge in [-0.15, -0.1) is 0 Å². The lowest BCUT2D eigenvalue weighted by Gasteiger charge is -2.13. The molecule has 3 rings (SSSR count). The highest BCUT2D eigenvalue weighted by molar-refractivity contribution is 6.06. The molecule has 166 valence electrons. The van der Waals surface area contributed by atoms with Crippen molar-refractivity contribution in [1.29, 1.82) is 0 Å². The zero-order valence-corrected chi connectivity index (χ0v) is 16.1. The molecule has 1 amide bonds. The van der Waals surface area contributed by atoms with Crippen LogP contribution < -0.4 is 14.8 Å². The van der Waals surface area contributed by atoms with E-state index in [9.17, 15) is 31.5 Å². The highest BCUT2D eigenvalue weighted by Gasteiger charge is 2.28. The Bertz CT molecular complexity index is 1120. The first-order valence-electron chi connectivity index (χ1n) is 8.97. The van der Waals surface area contributed by atoms with E-state index in [4.69, 9.17) is 0 Å². The number of rotatable bonds is 7. The maximum Gasteiger partial charge on any atom is 0.422 e. The number of amides is 1. The summed E-state index contributed by atoms with van der Waals surface area (Å²) in [6, 6.07) is 12.7. The van der Waals surface area contributed by atoms with Crippen LogP contribution in [0.25, 0.3) is 11.1 Å². The fraction of sp³-hybridized carbons (Fsp3) is 0.0909. The number of hydrogen-bond acceptors (Lipinski definition) is 4. The maximum absolute atomic E-state index is 14.6. The Morgan fingerprint density at radius 2 is 1.62 bits per heavy atom. The summed E-state index contributed by atoms with van der Waals surface area (Å²) < 4.78 is 75.5. The molecule has 0 saturated carbocycles. The van der Waals surface area contributed by atoms with Crippen LogP contribution in [0.5, 0.6) is 11.5 Å². The molecule has 0 fully saturated rings. The number of nitrogens with one attached hydrogen (secondary N) is 1. The summed E-state index contributed by atoms with van der Waals surface area (Å²) in [6.07, 6.45) is -4.54. The largest absolute Gasteiger partial charge is 0.484 e. The summed E-state index contributed by atoms with van der Waals surface area (Å²) in [5.74, 6) is -3.40. The van der Waals surface area contributed by atoms with Crippen LogP contribution in [-0.4, -0.2) is 25.2 Å². The summed E-state index contributed by atoms with van der Waals surface area (Å²) in [7, 11) is 0. The van der Waals surface area contributed by atoms with E-state index < -0.39 is 36.0 Å². The van der Waals surface area contributed by atoms with E-state index in [1.807, 2.05) is 0 Å². The summed E-state index contributed by atoms with van der Waals surface area (Å²) >= 11 is 0. The van der Waals surface area contributed by atoms with E-state index in [1.165, 1.54) is 48.5 Å². The van der Waals surface area contributed by atoms with Gasteiger partial charge in [-0.2, -0.15) is 13.2 Å². The normalized spacial score (nSPS) is 11.0. The Morgan fingerprint density at radius 3 is 2.28 bits per heavy atom. The Hall–Kier alpha value is -3.95. The van der Waals surface area contributed by atoms with Crippen molar-refractivity contribution in [3.05, 3.63) is 77.9 Å². The molecule has 32 heavy (non-hydrogen) atoms. The third kappa shape index (κ3) is 5.60. The fourth-order valence-corrected chi connectivity index (χ4v) is 2.78. The summed E-state index contributed by atoms with van der Waals surface area (Å²) in [6.45, 7) is -1.41. The predicted molar refractivity (Wildman–Crippen MR) is 104 cm³/mol. The van der Waals surface area contributed by atoms with Crippen molar-refractivity contribution >= 4 is 18.1 Å². The molecule has 0 atom stereocenters. The molecule has 0 aliphatic carbocycles. The molecule has 10 heteroatoms. The van der Waals surface area contributed by atoms with Crippen molar-refractivity contribution in [2.75, 3.05) is 11.9 Å². The zero-order chi connectivity index (χ0) is 23.3. The molecule has 0 saturated heterocycles. The van der Waals surface area contributed by atoms with E-state index in [0.717, 1.165) is 12.1 Å². The minimum Gasteiger partial charge on any atom is -0.484 e. The van der Waals surface area contributed by atoms with Gasteiger partial charge in [-0.3, -0.25) is 9.59 Å². The number of anilines is 1. The van der Waals surface area contributed by atoms with Crippen molar-refractivity contribution in [1.82, 2.24) is 0 Å². The van der Waals surface area contributed by atoms with Gasteiger partial charge < -0.3 is 14.8 Å². The van der Waals surface area contributed by atoms with Gasteiger partial charge in [0.05, 0.1) is 5.56 Å². The second-order valence-corrected chi connectivity index (χ2v) is 6.41. The number of halogens is 5. The first-order valence-corrected chi connectivity index (χ1v) is 8.97. The van der Waals surface area contributed by atoms with Gasteiger partial charge in [-0.25, -0.2) is 8.78 Å². The van der Waals surface area contributed by atoms with Crippen LogP contribution in [0.15, 0.2) is 60.7 Å². The molecule has 0 spiro atoms. The van der Waals surface area contributed by atoms with Crippen molar-refractivity contribution in [2.45, 2.75) is 6.18 Å². The van der Waals surface area contributed by atoms with Crippen molar-refractivity contribution in [3.63, 3.8) is 0 Å². The summed E-state index contributed by atoms with van der Waals surface area (Å²) in [5.41, 5.74) is -0.661. The van der Waals surface area contributed by atoms with Gasteiger partial charge in [0.15, 0.2) is 6.61 Å². The van der Waals surface area contributed by atoms with Crippen molar-refractivity contribution in [3.8, 4) is 22.6 Å². The average molecular weight is 451 g/mol. The third-order valence-electron chi connectivity index (χ3n) is 4.16. The van der Waals surface area contributed by atoms with Gasteiger partial charge >= 0.3 is 6.18 Å². The van der Waals surface area contributed by atoms with Crippen LogP contribution in [0.3, 0.4) is 0 Å². The van der Waals surface area contributed by atoms with E-state index in [-0.39, 0.29) is 34.7 Å². The number of alkyl halides is 3. The highest BCUT2D eigenvalue weighted by Crippen LogP contribution is 2.31. The monoisotopic (exact) mass is 451 g/mol. The Labute approximate surface area is 178 Å². The zero-order valence-electron chi connectivity index (χ0n) is 16.1. The molecular formula is C22H14F5NO4. The van der Waals surface area contributed by atoms with Crippen LogP contribution in [0.2, 0.25) is 0 Å². The Kier molecular flexibility index (Phi) is 6.72. The molecule has 0 heterocycles. The molecule has 0 aliphatic heterocycles. The minimum atomic E-state index is -4.54. The SMILES string of the molecule is O=COc1ccccc1C(=O)Nc1c(F)cc(-c2cccc(OCC(F)(F)F)c2)cc1F. The lowest BCUT2D eigenvalue weighted by atomic mass is 10.0. The van der Waals surface area contributed by atoms with Crippen LogP contribution in [0.4, 0.5) is 27.6 Å². The topological polar surface area (TPSA) is 64.6 Å². The number of carbonyl (C=O) groups excluding carboxylic acids is 2. The Morgan fingerprint density at radius 1 is 0.938 bits per heavy atom. The number of hydrogen-bond donors (Lipinski definition) is 1. The second kappa shape index (κ2) is 9.46. The van der Waals surface area contributed by atoms with Gasteiger partial charge in [0.2, 0.25) is 0 Å². The number of carbonyl (C=O) groups is 2. The molecule has 0 aromatic heterocycles. The van der Waals surface area contributed by atoms with Gasteiger partial charge in [0.1, 0.15) is 28.8 Å². The van der Waals surface area contributed by atoms with E-state index >= 15 is 0 Å². The highest BCUT2D eigenvalue weighted by atomic mass is 19.4. The molecule has 3 aromatic carbocycles. The van der Waals surface area contributed by atoms with Gasteiger partial charge in [-0.05, 0) is 47.5 Å². The molecule has 0 radical (unpaired) electrons. The van der Waals surface area contributed by atoms with Crippen LogP contribution in [0.1, 0.15) is 10.4 Å². The van der Waals surface area contributed by atoms with Gasteiger partial charge in [0, 0.05) is 0 Å². The molecule has 0 unspecified atom stereocenters. The van der Waals surface area contributed by atoms with Gasteiger partial charge in [0.25, 0.3) is 12.4 Å². The predicted octanol–water partition coefficient (Wildman–Crippen LogP) is 5.36. The number of ether oxygens (including phenoxy) is 2. The molecule has 0 bridgehead atoms. The lowest BCUT2D eigenvalue weighted by Crippen LogP contribution is -2.19. The standard InChI is InChI=1S/C22H14F5NO4/c23-17-9-14(13-4-3-5-15(8-13)31-11-22(25,26)27)10-18(24)20(17)28-21(30)16-6-1-2-7-19(16)32-12-29/h1-10,12H,11H2,(H,28,30). The molecule has 1 N–H and O–H groups in total. The van der Waals surface area contributed by atoms with Crippen molar-refractivity contribution in [2.24, 2.45) is 0 Å². The Balaban J connectivity index is 1.85. The number of benzene rings is 3. The third-order valence-corrected chi connectivity index (χ3v) is 4.16. The first kappa shape index (κ1) is 22.7. The molecular weight excluding hydrogens is 437 g/mol. The smallest absolute Gasteiger partial charge is 0.422 e. The van der Waals surface area contributed by atoms with Gasteiger partial charge in [-0.1, -0.05) is 24.3 Å². The fourth-order valence-electron chi connectivity index (χ4n) is 2.78. The van der Waals surface area contributed by atoms with E-state index in [0.29, 0.717) is 0 Å². The minimum absolute atomic E-state index is 0.0140. The lowest BCUT2D eigenvalue weighted by molar-refractivity contribution is -0.153. The summed E-state index contributed by atoms with van der Waals surface area (Å²) in [4.78, 5) is 23.0. The van der Waals surface area contributed by atoms with Crippen LogP contribution in [-0.2, 0) is 4.79 Å². The van der Waals surface area contributed by atoms with E-state index in [2.05, 4.69) is 14.8 Å². The van der Waals surface area contributed by atoms with Crippen LogP contribution >= 0.6 is 0 Å². The first-order chi connectivity index (χ1) is 15.2. The number of para-hydroxylation sites is 1. The average Bonchev–Trinajstić information content (AvgIpc) is 2.75. The summed E-state index contributed by atoms with van der Waals surface area (Å²) in [5, 5.41) is 2.09. The molecule has 5 nitrogen and oxygen atoms in total. The quantitative estimate of drug-likeness (QED) is 0.388.